The average Bonchev–Trinajstić information content (AvgIpc) is 2.40. The number of hydrogen-bond acceptors (Lipinski definition) is 2. The predicted molar refractivity (Wildman–Crippen MR) is 73.2 cm³/mol. The molecule has 2 rings (SSSR count). The number of aryl methyl sites for hydroxylation is 2. The highest BCUT2D eigenvalue weighted by Gasteiger charge is 1.92. The van der Waals surface area contributed by atoms with Gasteiger partial charge >= 0.3 is 0 Å². The van der Waals surface area contributed by atoms with Crippen molar-refractivity contribution < 1.29 is 0 Å². The normalized spacial score (nSPS) is 9.67. The van der Waals surface area contributed by atoms with Crippen LogP contribution in [0.5, 0.6) is 0 Å². The second-order valence-corrected chi connectivity index (χ2v) is 4.26. The average molecular weight is 236 g/mol. The van der Waals surface area contributed by atoms with Crippen LogP contribution in [-0.4, -0.2) is 10.2 Å². The second-order valence-electron chi connectivity index (χ2n) is 4.26. The van der Waals surface area contributed by atoms with Crippen LogP contribution in [0.3, 0.4) is 0 Å². The lowest BCUT2D eigenvalue weighted by atomic mass is 10.1. The Morgan fingerprint density at radius 3 is 2.33 bits per heavy atom. The lowest BCUT2D eigenvalue weighted by Crippen LogP contribution is -1.89. The Kier molecular flexibility index (Phi) is 4.09. The van der Waals surface area contributed by atoms with Crippen molar-refractivity contribution in [1.29, 1.82) is 0 Å². The molecule has 0 radical (unpaired) electrons. The molecule has 0 amide bonds. The molecule has 0 aliphatic carbocycles. The molecule has 0 atom stereocenters. The van der Waals surface area contributed by atoms with E-state index in [-0.39, 0.29) is 0 Å². The summed E-state index contributed by atoms with van der Waals surface area (Å²) in [7, 11) is 0. The van der Waals surface area contributed by atoms with E-state index in [1.807, 2.05) is 19.1 Å². The molecule has 1 aromatic carbocycles. The summed E-state index contributed by atoms with van der Waals surface area (Å²) in [5.74, 6) is 6.11. The maximum atomic E-state index is 4.02. The molecular formula is C16H16N2. The molecule has 1 heterocycles. The monoisotopic (exact) mass is 236 g/mol. The quantitative estimate of drug-likeness (QED) is 0.749. The molecule has 0 N–H and O–H groups in total. The van der Waals surface area contributed by atoms with Gasteiger partial charge in [0.05, 0.1) is 5.69 Å². The topological polar surface area (TPSA) is 25.8 Å². The Morgan fingerprint density at radius 1 is 0.944 bits per heavy atom. The van der Waals surface area contributed by atoms with Gasteiger partial charge in [-0.05, 0) is 49.1 Å². The lowest BCUT2D eigenvalue weighted by molar-refractivity contribution is 0.922. The van der Waals surface area contributed by atoms with Crippen LogP contribution >= 0.6 is 0 Å². The lowest BCUT2D eigenvalue weighted by Gasteiger charge is -1.97. The molecule has 2 heteroatoms. The van der Waals surface area contributed by atoms with Gasteiger partial charge in [-0.2, -0.15) is 5.10 Å². The van der Waals surface area contributed by atoms with Gasteiger partial charge in [0.25, 0.3) is 0 Å². The fourth-order valence-corrected chi connectivity index (χ4v) is 1.65. The Balaban J connectivity index is 2.12. The first-order valence-corrected chi connectivity index (χ1v) is 6.19. The second kappa shape index (κ2) is 5.97. The highest BCUT2D eigenvalue weighted by Crippen LogP contribution is 2.05. The van der Waals surface area contributed by atoms with Gasteiger partial charge < -0.3 is 0 Å². The van der Waals surface area contributed by atoms with E-state index in [1.54, 1.807) is 0 Å². The van der Waals surface area contributed by atoms with E-state index in [0.717, 1.165) is 17.7 Å². The van der Waals surface area contributed by atoms with Gasteiger partial charge in [0, 0.05) is 5.56 Å². The Morgan fingerprint density at radius 2 is 1.72 bits per heavy atom. The van der Waals surface area contributed by atoms with Crippen molar-refractivity contribution in [2.24, 2.45) is 0 Å². The number of aromatic nitrogens is 2. The van der Waals surface area contributed by atoms with Gasteiger partial charge in [0.2, 0.25) is 0 Å². The zero-order valence-electron chi connectivity index (χ0n) is 10.8. The number of rotatable bonds is 2. The summed E-state index contributed by atoms with van der Waals surface area (Å²) >= 11 is 0. The number of hydrogen-bond donors (Lipinski definition) is 0. The van der Waals surface area contributed by atoms with Crippen LogP contribution in [0, 0.1) is 18.8 Å². The van der Waals surface area contributed by atoms with Crippen molar-refractivity contribution in [2.45, 2.75) is 26.7 Å². The molecule has 90 valence electrons. The number of nitrogens with zero attached hydrogens (tertiary/aromatic N) is 2. The van der Waals surface area contributed by atoms with Crippen molar-refractivity contribution in [3.8, 4) is 11.8 Å². The summed E-state index contributed by atoms with van der Waals surface area (Å²) in [5, 5.41) is 7.99. The fourth-order valence-electron chi connectivity index (χ4n) is 1.65. The van der Waals surface area contributed by atoms with Crippen LogP contribution < -0.4 is 0 Å². The zero-order chi connectivity index (χ0) is 12.8. The molecule has 2 nitrogen and oxygen atoms in total. The van der Waals surface area contributed by atoms with E-state index in [1.165, 1.54) is 12.0 Å². The third-order valence-corrected chi connectivity index (χ3v) is 2.63. The summed E-state index contributed by atoms with van der Waals surface area (Å²) < 4.78 is 0. The maximum absolute atomic E-state index is 4.02. The smallest absolute Gasteiger partial charge is 0.136 e. The van der Waals surface area contributed by atoms with E-state index in [2.05, 4.69) is 53.2 Å². The Hall–Kier alpha value is -2.14. The van der Waals surface area contributed by atoms with Gasteiger partial charge in [-0.1, -0.05) is 31.4 Å². The van der Waals surface area contributed by atoms with Gasteiger partial charge in [-0.25, -0.2) is 0 Å². The van der Waals surface area contributed by atoms with Gasteiger partial charge in [0.1, 0.15) is 5.69 Å². The zero-order valence-corrected chi connectivity index (χ0v) is 10.8. The van der Waals surface area contributed by atoms with Crippen LogP contribution in [0.4, 0.5) is 0 Å². The Bertz CT molecular complexity index is 557. The molecule has 0 aliphatic rings. The predicted octanol–water partition coefficient (Wildman–Crippen LogP) is 3.14. The van der Waals surface area contributed by atoms with Crippen molar-refractivity contribution >= 4 is 0 Å². The summed E-state index contributed by atoms with van der Waals surface area (Å²) in [4.78, 5) is 0. The van der Waals surface area contributed by atoms with E-state index in [0.29, 0.717) is 5.69 Å². The molecule has 2 aromatic rings. The maximum Gasteiger partial charge on any atom is 0.136 e. The largest absolute Gasteiger partial charge is 0.155 e. The molecule has 0 saturated carbocycles. The number of benzene rings is 1. The minimum atomic E-state index is 0.707. The van der Waals surface area contributed by atoms with Crippen molar-refractivity contribution in [2.75, 3.05) is 0 Å². The van der Waals surface area contributed by atoms with E-state index >= 15 is 0 Å². The van der Waals surface area contributed by atoms with Crippen molar-refractivity contribution in [1.82, 2.24) is 10.2 Å². The standard InChI is InChI=1S/C16H16N2/c1-3-4-14-6-8-15(9-7-14)10-12-16-11-5-13(2)17-18-16/h5-9,11H,3-4H2,1-2H3. The molecular weight excluding hydrogens is 220 g/mol. The molecule has 0 bridgehead atoms. The highest BCUT2D eigenvalue weighted by atomic mass is 15.1. The van der Waals surface area contributed by atoms with E-state index in [4.69, 9.17) is 0 Å². The van der Waals surface area contributed by atoms with Crippen molar-refractivity contribution in [3.05, 3.63) is 58.9 Å². The van der Waals surface area contributed by atoms with Crippen LogP contribution in [0.2, 0.25) is 0 Å². The summed E-state index contributed by atoms with van der Waals surface area (Å²) in [6.07, 6.45) is 2.29. The van der Waals surface area contributed by atoms with Crippen molar-refractivity contribution in [3.63, 3.8) is 0 Å². The van der Waals surface area contributed by atoms with E-state index in [9.17, 15) is 0 Å². The first-order valence-electron chi connectivity index (χ1n) is 6.19. The van der Waals surface area contributed by atoms with Crippen LogP contribution in [-0.2, 0) is 6.42 Å². The third kappa shape index (κ3) is 3.43. The highest BCUT2D eigenvalue weighted by molar-refractivity contribution is 5.40. The molecule has 0 spiro atoms. The SMILES string of the molecule is CCCc1ccc(C#Cc2ccc(C)nn2)cc1. The summed E-state index contributed by atoms with van der Waals surface area (Å²) in [5.41, 5.74) is 3.98. The van der Waals surface area contributed by atoms with Gasteiger partial charge in [-0.3, -0.25) is 0 Å². The van der Waals surface area contributed by atoms with Crippen LogP contribution in [0.15, 0.2) is 36.4 Å². The minimum absolute atomic E-state index is 0.707. The first-order chi connectivity index (χ1) is 8.78. The molecule has 0 aliphatic heterocycles. The fraction of sp³-hybridized carbons (Fsp3) is 0.250. The molecule has 0 unspecified atom stereocenters. The molecule has 1 aromatic heterocycles. The molecule has 18 heavy (non-hydrogen) atoms. The third-order valence-electron chi connectivity index (χ3n) is 2.63. The van der Waals surface area contributed by atoms with Crippen LogP contribution in [0.25, 0.3) is 0 Å². The molecule has 0 fully saturated rings. The summed E-state index contributed by atoms with van der Waals surface area (Å²) in [6, 6.07) is 12.2. The van der Waals surface area contributed by atoms with Gasteiger partial charge in [0.15, 0.2) is 0 Å². The van der Waals surface area contributed by atoms with Gasteiger partial charge in [-0.15, -0.1) is 5.10 Å². The minimum Gasteiger partial charge on any atom is -0.155 e. The van der Waals surface area contributed by atoms with E-state index < -0.39 is 0 Å². The first kappa shape index (κ1) is 12.3. The molecule has 0 saturated heterocycles. The summed E-state index contributed by atoms with van der Waals surface area (Å²) in [6.45, 7) is 4.10. The Labute approximate surface area is 108 Å². The van der Waals surface area contributed by atoms with Crippen LogP contribution in [0.1, 0.15) is 35.9 Å².